The van der Waals surface area contributed by atoms with Gasteiger partial charge < -0.3 is 0 Å². The zero-order valence-electron chi connectivity index (χ0n) is 10.3. The quantitative estimate of drug-likeness (QED) is 0.862. The molecule has 2 rings (SSSR count). The van der Waals surface area contributed by atoms with Crippen LogP contribution in [0.2, 0.25) is 0 Å². The number of carbonyl (C=O) groups is 1. The van der Waals surface area contributed by atoms with Gasteiger partial charge in [0.05, 0.1) is 10.6 Å². The predicted molar refractivity (Wildman–Crippen MR) is 76.2 cm³/mol. The molecule has 0 aliphatic heterocycles. The zero-order valence-corrected chi connectivity index (χ0v) is 11.9. The number of thiophene rings is 1. The van der Waals surface area contributed by atoms with Gasteiger partial charge in [-0.05, 0) is 23.6 Å². The van der Waals surface area contributed by atoms with Crippen LogP contribution in [0.5, 0.6) is 0 Å². The van der Waals surface area contributed by atoms with Gasteiger partial charge in [-0.15, -0.1) is 0 Å². The first-order chi connectivity index (χ1) is 9.03. The molecule has 0 spiro atoms. The molecule has 0 fully saturated rings. The van der Waals surface area contributed by atoms with E-state index in [1.54, 1.807) is 35.9 Å². The fourth-order valence-corrected chi connectivity index (χ4v) is 3.33. The van der Waals surface area contributed by atoms with E-state index in [2.05, 4.69) is 4.72 Å². The molecule has 0 amide bonds. The number of sulfonamides is 1. The van der Waals surface area contributed by atoms with Gasteiger partial charge in [0.2, 0.25) is 0 Å². The van der Waals surface area contributed by atoms with Crippen LogP contribution >= 0.6 is 11.3 Å². The van der Waals surface area contributed by atoms with Crippen LogP contribution in [0, 0.1) is 0 Å². The minimum atomic E-state index is -3.64. The molecule has 0 bridgehead atoms. The molecule has 4 nitrogen and oxygen atoms in total. The lowest BCUT2D eigenvalue weighted by atomic mass is 10.1. The average Bonchev–Trinajstić information content (AvgIpc) is 2.90. The second-order valence-corrected chi connectivity index (χ2v) is 6.38. The molecule has 1 aromatic heterocycles. The molecule has 0 aliphatic carbocycles. The summed E-state index contributed by atoms with van der Waals surface area (Å²) in [4.78, 5) is 11.7. The lowest BCUT2D eigenvalue weighted by Crippen LogP contribution is -2.13. The van der Waals surface area contributed by atoms with E-state index in [0.717, 1.165) is 0 Å². The van der Waals surface area contributed by atoms with Crippen molar-refractivity contribution < 1.29 is 13.2 Å². The molecule has 0 saturated carbocycles. The molecular weight excluding hydrogens is 282 g/mol. The Morgan fingerprint density at radius 2 is 2.11 bits per heavy atom. The molecule has 0 aliphatic rings. The summed E-state index contributed by atoms with van der Waals surface area (Å²) in [6.07, 6.45) is 0.349. The number of benzene rings is 1. The Bertz CT molecular complexity index is 676. The average molecular weight is 295 g/mol. The first-order valence-corrected chi connectivity index (χ1v) is 8.14. The Balaban J connectivity index is 2.33. The summed E-state index contributed by atoms with van der Waals surface area (Å²) in [5, 5.41) is 3.49. The third kappa shape index (κ3) is 3.21. The van der Waals surface area contributed by atoms with Crippen LogP contribution in [0.25, 0.3) is 0 Å². The van der Waals surface area contributed by atoms with Crippen molar-refractivity contribution in [2.45, 2.75) is 18.2 Å². The highest BCUT2D eigenvalue weighted by Crippen LogP contribution is 2.19. The third-order valence-electron chi connectivity index (χ3n) is 2.56. The lowest BCUT2D eigenvalue weighted by molar-refractivity contribution is 0.0988. The highest BCUT2D eigenvalue weighted by Gasteiger charge is 2.16. The van der Waals surface area contributed by atoms with Crippen LogP contribution in [0.15, 0.2) is 46.0 Å². The number of hydrogen-bond donors (Lipinski definition) is 1. The summed E-state index contributed by atoms with van der Waals surface area (Å²) in [6, 6.07) is 7.76. The predicted octanol–water partition coefficient (Wildman–Crippen LogP) is 3.14. The van der Waals surface area contributed by atoms with E-state index in [1.165, 1.54) is 23.5 Å². The molecular formula is C13H13NO3S2. The number of nitrogens with one attached hydrogen (secondary N) is 1. The van der Waals surface area contributed by atoms with Gasteiger partial charge in [-0.1, -0.05) is 19.1 Å². The van der Waals surface area contributed by atoms with Crippen molar-refractivity contribution in [2.24, 2.45) is 0 Å². The molecule has 1 aromatic carbocycles. The van der Waals surface area contributed by atoms with Crippen molar-refractivity contribution in [2.75, 3.05) is 4.72 Å². The largest absolute Gasteiger partial charge is 0.294 e. The summed E-state index contributed by atoms with van der Waals surface area (Å²) in [7, 11) is -3.64. The van der Waals surface area contributed by atoms with E-state index in [0.29, 0.717) is 17.7 Å². The normalized spacial score (nSPS) is 11.2. The smallest absolute Gasteiger partial charge is 0.261 e. The van der Waals surface area contributed by atoms with Crippen molar-refractivity contribution in [3.63, 3.8) is 0 Å². The third-order valence-corrected chi connectivity index (χ3v) is 4.62. The van der Waals surface area contributed by atoms with Crippen molar-refractivity contribution in [1.82, 2.24) is 0 Å². The van der Waals surface area contributed by atoms with Crippen molar-refractivity contribution in [3.8, 4) is 0 Å². The van der Waals surface area contributed by atoms with Crippen LogP contribution in [0.4, 0.5) is 5.69 Å². The maximum absolute atomic E-state index is 12.1. The van der Waals surface area contributed by atoms with E-state index >= 15 is 0 Å². The number of Topliss-reactive ketones (excluding diaryl/α,β-unsaturated/α-hetero) is 1. The van der Waals surface area contributed by atoms with Crippen molar-refractivity contribution in [3.05, 3.63) is 46.7 Å². The monoisotopic (exact) mass is 295 g/mol. The minimum absolute atomic E-state index is 0.0763. The summed E-state index contributed by atoms with van der Waals surface area (Å²) < 4.78 is 26.8. The fraction of sp³-hybridized carbons (Fsp3) is 0.154. The maximum atomic E-state index is 12.1. The molecule has 19 heavy (non-hydrogen) atoms. The van der Waals surface area contributed by atoms with Gasteiger partial charge in [-0.3, -0.25) is 9.52 Å². The number of rotatable bonds is 5. The van der Waals surface area contributed by atoms with Gasteiger partial charge in [0.25, 0.3) is 10.0 Å². The van der Waals surface area contributed by atoms with E-state index in [-0.39, 0.29) is 10.7 Å². The Kier molecular flexibility index (Phi) is 4.01. The van der Waals surface area contributed by atoms with Gasteiger partial charge in [0.1, 0.15) is 0 Å². The summed E-state index contributed by atoms with van der Waals surface area (Å²) in [6.45, 7) is 1.74. The van der Waals surface area contributed by atoms with Gasteiger partial charge in [0, 0.05) is 17.4 Å². The number of anilines is 1. The van der Waals surface area contributed by atoms with Gasteiger partial charge in [-0.25, -0.2) is 8.42 Å². The van der Waals surface area contributed by atoms with Gasteiger partial charge in [0.15, 0.2) is 5.78 Å². The molecule has 100 valence electrons. The molecule has 0 unspecified atom stereocenters. The fourth-order valence-electron chi connectivity index (χ4n) is 1.58. The molecule has 6 heteroatoms. The minimum Gasteiger partial charge on any atom is -0.294 e. The molecule has 1 heterocycles. The first-order valence-electron chi connectivity index (χ1n) is 5.71. The highest BCUT2D eigenvalue weighted by atomic mass is 32.2. The standard InChI is InChI=1S/C13H13NO3S2/c1-2-13(15)10-4-3-5-12(8-10)19(16,17)14-11-6-7-18-9-11/h3-9,14H,2H2,1H3. The topological polar surface area (TPSA) is 63.2 Å². The Morgan fingerprint density at radius 1 is 1.32 bits per heavy atom. The van der Waals surface area contributed by atoms with Crippen LogP contribution in [-0.2, 0) is 10.0 Å². The molecule has 0 radical (unpaired) electrons. The lowest BCUT2D eigenvalue weighted by Gasteiger charge is -2.07. The maximum Gasteiger partial charge on any atom is 0.261 e. The zero-order chi connectivity index (χ0) is 13.9. The SMILES string of the molecule is CCC(=O)c1cccc(S(=O)(=O)Nc2ccsc2)c1. The summed E-state index contributed by atoms with van der Waals surface area (Å²) in [5.74, 6) is -0.0763. The number of carbonyl (C=O) groups excluding carboxylic acids is 1. The Labute approximate surface area is 116 Å². The number of hydrogen-bond acceptors (Lipinski definition) is 4. The van der Waals surface area contributed by atoms with E-state index in [1.807, 2.05) is 0 Å². The Hall–Kier alpha value is -1.66. The van der Waals surface area contributed by atoms with Crippen LogP contribution in [-0.4, -0.2) is 14.2 Å². The van der Waals surface area contributed by atoms with Crippen LogP contribution in [0.3, 0.4) is 0 Å². The van der Waals surface area contributed by atoms with Crippen LogP contribution < -0.4 is 4.72 Å². The second-order valence-electron chi connectivity index (χ2n) is 3.92. The summed E-state index contributed by atoms with van der Waals surface area (Å²) in [5.41, 5.74) is 0.938. The van der Waals surface area contributed by atoms with E-state index < -0.39 is 10.0 Å². The molecule has 1 N–H and O–H groups in total. The molecule has 0 saturated heterocycles. The summed E-state index contributed by atoms with van der Waals surface area (Å²) >= 11 is 1.41. The van der Waals surface area contributed by atoms with Gasteiger partial charge in [-0.2, -0.15) is 11.3 Å². The second kappa shape index (κ2) is 5.54. The highest BCUT2D eigenvalue weighted by molar-refractivity contribution is 7.92. The first kappa shape index (κ1) is 13.8. The van der Waals surface area contributed by atoms with Crippen LogP contribution in [0.1, 0.15) is 23.7 Å². The molecule has 2 aromatic rings. The van der Waals surface area contributed by atoms with Crippen molar-refractivity contribution >= 4 is 32.8 Å². The molecule has 0 atom stereocenters. The van der Waals surface area contributed by atoms with E-state index in [4.69, 9.17) is 0 Å². The van der Waals surface area contributed by atoms with E-state index in [9.17, 15) is 13.2 Å². The van der Waals surface area contributed by atoms with Gasteiger partial charge >= 0.3 is 0 Å². The number of ketones is 1. The Morgan fingerprint density at radius 3 is 2.74 bits per heavy atom. The van der Waals surface area contributed by atoms with Crippen molar-refractivity contribution in [1.29, 1.82) is 0 Å².